The lowest BCUT2D eigenvalue weighted by Crippen LogP contribution is -2.50. The fourth-order valence-electron chi connectivity index (χ4n) is 1.83. The minimum absolute atomic E-state index is 0.0855. The van der Waals surface area contributed by atoms with E-state index in [0.29, 0.717) is 0 Å². The third-order valence-electron chi connectivity index (χ3n) is 2.79. The highest BCUT2D eigenvalue weighted by Crippen LogP contribution is 2.29. The third kappa shape index (κ3) is 2.64. The maximum absolute atomic E-state index is 13.6. The Bertz CT molecular complexity index is 605. The van der Waals surface area contributed by atoms with E-state index in [1.807, 2.05) is 0 Å². The highest BCUT2D eigenvalue weighted by atomic mass is 79.9. The molecule has 3 amide bonds. The molecule has 2 rings (SSSR count). The molecule has 106 valence electrons. The van der Waals surface area contributed by atoms with E-state index in [2.05, 4.69) is 26.0 Å². The molecule has 0 unspecified atom stereocenters. The summed E-state index contributed by atoms with van der Waals surface area (Å²) in [6, 6.07) is 1.62. The number of rotatable bonds is 2. The molecule has 1 aliphatic heterocycles. The standard InChI is InChI=1S/C12H10BrFN2O4/c1-20-11(18)6-4-8(14)7(13)5-9(6)16-3-2-10(17)15-12(16)19/h4-5H,2-3H2,1H3,(H,15,17,19). The summed E-state index contributed by atoms with van der Waals surface area (Å²) in [5.41, 5.74) is 0.0906. The van der Waals surface area contributed by atoms with Crippen LogP contribution in [-0.4, -0.2) is 31.6 Å². The zero-order valence-corrected chi connectivity index (χ0v) is 12.0. The van der Waals surface area contributed by atoms with Crippen LogP contribution < -0.4 is 10.2 Å². The lowest BCUT2D eigenvalue weighted by molar-refractivity contribution is -0.120. The molecule has 1 aromatic rings. The van der Waals surface area contributed by atoms with Crippen molar-refractivity contribution in [2.24, 2.45) is 0 Å². The Balaban J connectivity index is 2.49. The van der Waals surface area contributed by atoms with Gasteiger partial charge in [0, 0.05) is 13.0 Å². The molecule has 0 radical (unpaired) electrons. The molecular formula is C12H10BrFN2O4. The Morgan fingerprint density at radius 3 is 2.75 bits per heavy atom. The van der Waals surface area contributed by atoms with Crippen LogP contribution in [0.4, 0.5) is 14.9 Å². The summed E-state index contributed by atoms with van der Waals surface area (Å²) in [4.78, 5) is 35.8. The number of halogens is 2. The molecule has 1 fully saturated rings. The van der Waals surface area contributed by atoms with E-state index in [4.69, 9.17) is 0 Å². The first-order valence-electron chi connectivity index (χ1n) is 5.62. The fourth-order valence-corrected chi connectivity index (χ4v) is 2.16. The Labute approximate surface area is 122 Å². The van der Waals surface area contributed by atoms with Gasteiger partial charge in [-0.2, -0.15) is 0 Å². The fraction of sp³-hybridized carbons (Fsp3) is 0.250. The van der Waals surface area contributed by atoms with Crippen LogP contribution in [0.2, 0.25) is 0 Å². The molecule has 0 atom stereocenters. The Kier molecular flexibility index (Phi) is 4.03. The number of methoxy groups -OCH3 is 1. The van der Waals surface area contributed by atoms with Gasteiger partial charge >= 0.3 is 12.0 Å². The molecule has 0 spiro atoms. The van der Waals surface area contributed by atoms with Gasteiger partial charge in [0.05, 0.1) is 22.8 Å². The molecule has 1 aromatic carbocycles. The van der Waals surface area contributed by atoms with E-state index in [0.717, 1.165) is 13.2 Å². The van der Waals surface area contributed by atoms with Crippen LogP contribution >= 0.6 is 15.9 Å². The number of ether oxygens (including phenoxy) is 1. The SMILES string of the molecule is COC(=O)c1cc(F)c(Br)cc1N1CCC(=O)NC1=O. The predicted octanol–water partition coefficient (Wildman–Crippen LogP) is 1.82. The van der Waals surface area contributed by atoms with Crippen molar-refractivity contribution in [3.8, 4) is 0 Å². The monoisotopic (exact) mass is 344 g/mol. The molecule has 8 heteroatoms. The van der Waals surface area contributed by atoms with E-state index >= 15 is 0 Å². The zero-order valence-electron chi connectivity index (χ0n) is 10.4. The lowest BCUT2D eigenvalue weighted by Gasteiger charge is -2.28. The first-order chi connectivity index (χ1) is 9.43. The van der Waals surface area contributed by atoms with Gasteiger partial charge in [-0.05, 0) is 28.1 Å². The summed E-state index contributed by atoms with van der Waals surface area (Å²) in [5, 5.41) is 2.13. The zero-order chi connectivity index (χ0) is 14.9. The van der Waals surface area contributed by atoms with Crippen molar-refractivity contribution in [3.05, 3.63) is 28.0 Å². The minimum atomic E-state index is -0.768. The Morgan fingerprint density at radius 1 is 1.45 bits per heavy atom. The molecule has 0 aliphatic carbocycles. The minimum Gasteiger partial charge on any atom is -0.465 e. The van der Waals surface area contributed by atoms with Crippen molar-refractivity contribution in [2.45, 2.75) is 6.42 Å². The van der Waals surface area contributed by atoms with Crippen LogP contribution in [0.5, 0.6) is 0 Å². The maximum Gasteiger partial charge on any atom is 0.340 e. The number of benzene rings is 1. The molecule has 1 N–H and O–H groups in total. The number of carbonyl (C=O) groups is 3. The Morgan fingerprint density at radius 2 is 2.15 bits per heavy atom. The molecule has 1 saturated heterocycles. The van der Waals surface area contributed by atoms with Crippen molar-refractivity contribution in [2.75, 3.05) is 18.6 Å². The summed E-state index contributed by atoms with van der Waals surface area (Å²) in [6.45, 7) is 0.104. The summed E-state index contributed by atoms with van der Waals surface area (Å²) in [6.07, 6.45) is 0.0986. The number of hydrogen-bond acceptors (Lipinski definition) is 4. The smallest absolute Gasteiger partial charge is 0.340 e. The van der Waals surface area contributed by atoms with Crippen LogP contribution in [0, 0.1) is 5.82 Å². The second-order valence-corrected chi connectivity index (χ2v) is 4.88. The molecule has 1 heterocycles. The van der Waals surface area contributed by atoms with Gasteiger partial charge in [0.15, 0.2) is 0 Å². The number of nitrogens with one attached hydrogen (secondary N) is 1. The Hall–Kier alpha value is -1.96. The number of carbonyl (C=O) groups excluding carboxylic acids is 3. The number of amides is 3. The van der Waals surface area contributed by atoms with E-state index in [1.165, 1.54) is 11.0 Å². The average molecular weight is 345 g/mol. The van der Waals surface area contributed by atoms with Gasteiger partial charge < -0.3 is 4.74 Å². The van der Waals surface area contributed by atoms with Gasteiger partial charge in [-0.15, -0.1) is 0 Å². The van der Waals surface area contributed by atoms with Gasteiger partial charge in [0.25, 0.3) is 0 Å². The molecule has 0 aromatic heterocycles. The first kappa shape index (κ1) is 14.4. The highest BCUT2D eigenvalue weighted by Gasteiger charge is 2.28. The molecule has 0 saturated carbocycles. The van der Waals surface area contributed by atoms with Crippen LogP contribution in [-0.2, 0) is 9.53 Å². The topological polar surface area (TPSA) is 75.7 Å². The highest BCUT2D eigenvalue weighted by molar-refractivity contribution is 9.10. The van der Waals surface area contributed by atoms with E-state index in [1.54, 1.807) is 0 Å². The van der Waals surface area contributed by atoms with Crippen molar-refractivity contribution in [3.63, 3.8) is 0 Å². The lowest BCUT2D eigenvalue weighted by atomic mass is 10.1. The maximum atomic E-state index is 13.6. The van der Waals surface area contributed by atoms with Crippen molar-refractivity contribution >= 4 is 39.5 Å². The third-order valence-corrected chi connectivity index (χ3v) is 3.40. The van der Waals surface area contributed by atoms with E-state index in [9.17, 15) is 18.8 Å². The molecule has 0 bridgehead atoms. The molecule has 1 aliphatic rings. The van der Waals surface area contributed by atoms with Crippen molar-refractivity contribution in [1.82, 2.24) is 5.32 Å². The number of nitrogens with zero attached hydrogens (tertiary/aromatic N) is 1. The van der Waals surface area contributed by atoms with Crippen molar-refractivity contribution in [1.29, 1.82) is 0 Å². The first-order valence-corrected chi connectivity index (χ1v) is 6.42. The van der Waals surface area contributed by atoms with Gasteiger partial charge in [-0.3, -0.25) is 15.0 Å². The number of esters is 1. The molecule has 6 nitrogen and oxygen atoms in total. The largest absolute Gasteiger partial charge is 0.465 e. The molecule has 20 heavy (non-hydrogen) atoms. The van der Waals surface area contributed by atoms with Crippen LogP contribution in [0.15, 0.2) is 16.6 Å². The summed E-state index contributed by atoms with van der Waals surface area (Å²) >= 11 is 3.00. The number of anilines is 1. The summed E-state index contributed by atoms with van der Waals surface area (Å²) in [5.74, 6) is -1.81. The van der Waals surface area contributed by atoms with Gasteiger partial charge in [-0.25, -0.2) is 14.0 Å². The normalized spacial score (nSPS) is 15.1. The summed E-state index contributed by atoms with van der Waals surface area (Å²) < 4.78 is 18.2. The van der Waals surface area contributed by atoms with Crippen LogP contribution in [0.25, 0.3) is 0 Å². The number of hydrogen-bond donors (Lipinski definition) is 1. The van der Waals surface area contributed by atoms with Gasteiger partial charge in [0.1, 0.15) is 5.82 Å². The number of imide groups is 1. The predicted molar refractivity (Wildman–Crippen MR) is 70.9 cm³/mol. The quantitative estimate of drug-likeness (QED) is 0.830. The van der Waals surface area contributed by atoms with Crippen LogP contribution in [0.3, 0.4) is 0 Å². The van der Waals surface area contributed by atoms with Crippen LogP contribution in [0.1, 0.15) is 16.8 Å². The average Bonchev–Trinajstić information content (AvgIpc) is 2.41. The number of urea groups is 1. The van der Waals surface area contributed by atoms with E-state index in [-0.39, 0.29) is 28.7 Å². The van der Waals surface area contributed by atoms with Crippen molar-refractivity contribution < 1.29 is 23.5 Å². The van der Waals surface area contributed by atoms with E-state index < -0.39 is 23.7 Å². The second kappa shape index (κ2) is 5.58. The van der Waals surface area contributed by atoms with Gasteiger partial charge in [-0.1, -0.05) is 0 Å². The van der Waals surface area contributed by atoms with Gasteiger partial charge in [0.2, 0.25) is 5.91 Å². The molecular weight excluding hydrogens is 335 g/mol. The summed E-state index contributed by atoms with van der Waals surface area (Å²) in [7, 11) is 1.16. The second-order valence-electron chi connectivity index (χ2n) is 4.03.